The molecule has 4 aromatic rings. The van der Waals surface area contributed by atoms with Gasteiger partial charge in [-0.2, -0.15) is 5.10 Å². The molecule has 0 saturated carbocycles. The normalized spacial score (nSPS) is 18.3. The van der Waals surface area contributed by atoms with Gasteiger partial charge in [-0.25, -0.2) is 9.97 Å². The van der Waals surface area contributed by atoms with Crippen molar-refractivity contribution < 1.29 is 23.6 Å². The van der Waals surface area contributed by atoms with Gasteiger partial charge in [0.15, 0.2) is 5.69 Å². The first-order chi connectivity index (χ1) is 21.6. The van der Waals surface area contributed by atoms with Crippen LogP contribution in [-0.4, -0.2) is 67.9 Å². The van der Waals surface area contributed by atoms with Crippen LogP contribution in [0.1, 0.15) is 93.7 Å². The van der Waals surface area contributed by atoms with Crippen molar-refractivity contribution >= 4 is 35.0 Å². The Morgan fingerprint density at radius 3 is 2.53 bits per heavy atom. The van der Waals surface area contributed by atoms with E-state index in [1.165, 1.54) is 28.7 Å². The minimum atomic E-state index is -0.690. The maximum Gasteiger partial charge on any atom is 0.273 e. The fraction of sp³-hybridized carbons (Fsp3) is 0.387. The van der Waals surface area contributed by atoms with Crippen LogP contribution in [0.5, 0.6) is 0 Å². The van der Waals surface area contributed by atoms with Gasteiger partial charge in [0.1, 0.15) is 28.7 Å². The standard InChI is InChI=1S/C31H36N8O5S/c1-18(2)26-30-36-23(17-45-30)28(42)34-21(14-20-8-6-5-7-9-20)29-35-22(16-44-29)27(41)32-12-13-38(15-25(40)37-26)31(43)24-10-11-33-39(24)19(3)4/h5-11,16-19,21,26H,12-15H2,1-4H3,(H,32,41)(H,34,42)(H,37,40)/t21-,26-/m0/s1. The highest BCUT2D eigenvalue weighted by Gasteiger charge is 2.29. The smallest absolute Gasteiger partial charge is 0.273 e. The lowest BCUT2D eigenvalue weighted by atomic mass is 10.0. The van der Waals surface area contributed by atoms with Crippen molar-refractivity contribution in [1.29, 1.82) is 0 Å². The van der Waals surface area contributed by atoms with Crippen LogP contribution in [0.15, 0.2) is 58.7 Å². The summed E-state index contributed by atoms with van der Waals surface area (Å²) in [7, 11) is 0. The Balaban J connectivity index is 1.47. The number of aromatic nitrogens is 4. The third kappa shape index (κ3) is 7.45. The molecule has 14 heteroatoms. The third-order valence-corrected chi connectivity index (χ3v) is 8.24. The van der Waals surface area contributed by atoms with E-state index >= 15 is 0 Å². The number of hydrogen-bond acceptors (Lipinski definition) is 9. The highest BCUT2D eigenvalue weighted by molar-refractivity contribution is 7.09. The molecule has 236 valence electrons. The lowest BCUT2D eigenvalue weighted by Crippen LogP contribution is -2.46. The third-order valence-electron chi connectivity index (χ3n) is 7.31. The van der Waals surface area contributed by atoms with E-state index in [1.807, 2.05) is 58.0 Å². The molecule has 4 amide bonds. The summed E-state index contributed by atoms with van der Waals surface area (Å²) in [4.78, 5) is 63.9. The van der Waals surface area contributed by atoms with E-state index in [4.69, 9.17) is 4.42 Å². The maximum atomic E-state index is 13.7. The molecule has 1 aliphatic rings. The van der Waals surface area contributed by atoms with Crippen molar-refractivity contribution in [2.45, 2.75) is 52.2 Å². The molecule has 0 fully saturated rings. The molecule has 0 radical (unpaired) electrons. The largest absolute Gasteiger partial charge is 0.446 e. The van der Waals surface area contributed by atoms with Gasteiger partial charge in [0.25, 0.3) is 17.7 Å². The molecule has 4 heterocycles. The molecule has 5 rings (SSSR count). The number of nitrogens with zero attached hydrogens (tertiary/aromatic N) is 5. The predicted octanol–water partition coefficient (Wildman–Crippen LogP) is 3.32. The summed E-state index contributed by atoms with van der Waals surface area (Å²) in [6.45, 7) is 7.51. The monoisotopic (exact) mass is 632 g/mol. The zero-order valence-electron chi connectivity index (χ0n) is 25.5. The number of thiazole rings is 1. The lowest BCUT2D eigenvalue weighted by Gasteiger charge is -2.26. The number of fused-ring (bicyclic) bond motifs is 4. The summed E-state index contributed by atoms with van der Waals surface area (Å²) in [5, 5.41) is 15.2. The predicted molar refractivity (Wildman–Crippen MR) is 166 cm³/mol. The maximum absolute atomic E-state index is 13.7. The molecule has 0 spiro atoms. The Morgan fingerprint density at radius 2 is 1.80 bits per heavy atom. The van der Waals surface area contributed by atoms with Gasteiger partial charge in [-0.15, -0.1) is 11.3 Å². The molecule has 0 saturated heterocycles. The van der Waals surface area contributed by atoms with Crippen LogP contribution in [0, 0.1) is 5.92 Å². The summed E-state index contributed by atoms with van der Waals surface area (Å²) in [6, 6.07) is 9.86. The molecule has 1 aliphatic heterocycles. The molecule has 3 N–H and O–H groups in total. The van der Waals surface area contributed by atoms with Gasteiger partial charge in [0.05, 0.1) is 12.6 Å². The summed E-state index contributed by atoms with van der Waals surface area (Å²) >= 11 is 1.26. The molecule has 2 atom stereocenters. The summed E-state index contributed by atoms with van der Waals surface area (Å²) in [5.74, 6) is -1.68. The number of carbonyl (C=O) groups excluding carboxylic acids is 4. The van der Waals surface area contributed by atoms with Gasteiger partial charge in [-0.1, -0.05) is 44.2 Å². The summed E-state index contributed by atoms with van der Waals surface area (Å²) < 4.78 is 7.28. The quantitative estimate of drug-likeness (QED) is 0.302. The van der Waals surface area contributed by atoms with E-state index in [1.54, 1.807) is 16.1 Å². The number of hydrogen-bond donors (Lipinski definition) is 3. The van der Waals surface area contributed by atoms with Crippen molar-refractivity contribution in [2.24, 2.45) is 5.92 Å². The van der Waals surface area contributed by atoms with Crippen molar-refractivity contribution in [1.82, 2.24) is 40.6 Å². The second kappa shape index (κ2) is 13.8. The highest BCUT2D eigenvalue weighted by Crippen LogP contribution is 2.26. The van der Waals surface area contributed by atoms with Gasteiger partial charge in [-0.3, -0.25) is 23.9 Å². The number of benzene rings is 1. The molecule has 1 aromatic carbocycles. The fourth-order valence-electron chi connectivity index (χ4n) is 4.98. The molecule has 13 nitrogen and oxygen atoms in total. The lowest BCUT2D eigenvalue weighted by molar-refractivity contribution is -0.122. The molecule has 3 aromatic heterocycles. The van der Waals surface area contributed by atoms with Crippen LogP contribution < -0.4 is 16.0 Å². The van der Waals surface area contributed by atoms with Crippen LogP contribution in [0.3, 0.4) is 0 Å². The first-order valence-corrected chi connectivity index (χ1v) is 15.6. The average Bonchev–Trinajstić information content (AvgIpc) is 3.80. The number of amides is 4. The Labute approximate surface area is 264 Å². The minimum Gasteiger partial charge on any atom is -0.446 e. The van der Waals surface area contributed by atoms with Crippen molar-refractivity contribution in [2.75, 3.05) is 19.6 Å². The molecular weight excluding hydrogens is 596 g/mol. The number of oxazole rings is 1. The van der Waals surface area contributed by atoms with E-state index in [-0.39, 0.29) is 48.9 Å². The van der Waals surface area contributed by atoms with Gasteiger partial charge in [-0.05, 0) is 31.4 Å². The van der Waals surface area contributed by atoms with E-state index < -0.39 is 35.7 Å². The molecule has 45 heavy (non-hydrogen) atoms. The van der Waals surface area contributed by atoms with Gasteiger partial charge < -0.3 is 25.3 Å². The summed E-state index contributed by atoms with van der Waals surface area (Å²) in [5.41, 5.74) is 1.45. The Bertz CT molecular complexity index is 1660. The zero-order valence-corrected chi connectivity index (χ0v) is 26.3. The van der Waals surface area contributed by atoms with E-state index in [0.717, 1.165) is 5.56 Å². The Morgan fingerprint density at radius 1 is 1.02 bits per heavy atom. The van der Waals surface area contributed by atoms with Crippen molar-refractivity contribution in [3.8, 4) is 0 Å². The fourth-order valence-corrected chi connectivity index (χ4v) is 6.00. The summed E-state index contributed by atoms with van der Waals surface area (Å²) in [6.07, 6.45) is 3.13. The molecule has 0 unspecified atom stereocenters. The second-order valence-corrected chi connectivity index (χ2v) is 12.3. The van der Waals surface area contributed by atoms with E-state index in [2.05, 4.69) is 31.0 Å². The van der Waals surface area contributed by atoms with E-state index in [9.17, 15) is 19.2 Å². The molecule has 4 bridgehead atoms. The minimum absolute atomic E-state index is 0.0163. The average molecular weight is 633 g/mol. The topological polar surface area (TPSA) is 164 Å². The highest BCUT2D eigenvalue weighted by atomic mass is 32.1. The zero-order chi connectivity index (χ0) is 32.1. The van der Waals surface area contributed by atoms with Crippen LogP contribution in [-0.2, 0) is 11.2 Å². The van der Waals surface area contributed by atoms with Crippen LogP contribution in [0.25, 0.3) is 0 Å². The van der Waals surface area contributed by atoms with Crippen LogP contribution >= 0.6 is 11.3 Å². The van der Waals surface area contributed by atoms with Crippen LogP contribution in [0.4, 0.5) is 0 Å². The number of nitrogens with one attached hydrogen (secondary N) is 3. The van der Waals surface area contributed by atoms with Crippen molar-refractivity contribution in [3.05, 3.63) is 87.8 Å². The Hall–Kier alpha value is -4.85. The van der Waals surface area contributed by atoms with Crippen molar-refractivity contribution in [3.63, 3.8) is 0 Å². The SMILES string of the molecule is CC(C)[C@@H]1NC(=O)CN(C(=O)c2ccnn2C(C)C)CCNC(=O)c2coc(n2)[C@H](Cc2ccccc2)NC(=O)c2csc1n2. The van der Waals surface area contributed by atoms with Gasteiger partial charge in [0.2, 0.25) is 11.8 Å². The first kappa shape index (κ1) is 31.6. The van der Waals surface area contributed by atoms with Gasteiger partial charge in [0, 0.05) is 37.1 Å². The van der Waals surface area contributed by atoms with Gasteiger partial charge >= 0.3 is 0 Å². The molecule has 0 aliphatic carbocycles. The van der Waals surface area contributed by atoms with Crippen LogP contribution in [0.2, 0.25) is 0 Å². The second-order valence-electron chi connectivity index (χ2n) is 11.4. The number of rotatable bonds is 5. The Kier molecular flexibility index (Phi) is 9.71. The van der Waals surface area contributed by atoms with E-state index in [0.29, 0.717) is 17.1 Å². The first-order valence-electron chi connectivity index (χ1n) is 14.8. The molecular formula is C31H36N8O5S. The number of carbonyl (C=O) groups is 4.